The first-order valence-corrected chi connectivity index (χ1v) is 12.8. The smallest absolute Gasteiger partial charge is 0.294 e. The van der Waals surface area contributed by atoms with Gasteiger partial charge < -0.3 is 14.8 Å². The minimum Gasteiger partial charge on any atom is -0.493 e. The Hall–Kier alpha value is -4.63. The summed E-state index contributed by atoms with van der Waals surface area (Å²) < 4.78 is 24.6. The molecule has 0 aromatic heterocycles. The van der Waals surface area contributed by atoms with Gasteiger partial charge in [0.2, 0.25) is 5.91 Å². The fraction of sp³-hybridized carbons (Fsp3) is 0.100. The molecule has 0 bridgehead atoms. The molecule has 0 radical (unpaired) electrons. The average molecular weight is 543 g/mol. The van der Waals surface area contributed by atoms with Gasteiger partial charge in [-0.3, -0.25) is 19.3 Å². The van der Waals surface area contributed by atoms with Gasteiger partial charge in [-0.15, -0.1) is 0 Å². The highest BCUT2D eigenvalue weighted by atomic mass is 32.2. The number of anilines is 1. The number of thioether (sulfide) groups is 1. The summed E-state index contributed by atoms with van der Waals surface area (Å²) in [6.07, 6.45) is 1.57. The van der Waals surface area contributed by atoms with E-state index in [-0.39, 0.29) is 4.91 Å². The van der Waals surface area contributed by atoms with Crippen LogP contribution in [-0.4, -0.2) is 35.6 Å². The number of hydrogen-bond donors (Lipinski definition) is 1. The molecule has 1 aliphatic rings. The molecule has 1 saturated heterocycles. The summed E-state index contributed by atoms with van der Waals surface area (Å²) in [5.41, 5.74) is 2.00. The minimum absolute atomic E-state index is 0.182. The number of methoxy groups -OCH3 is 1. The standard InChI is InChI=1S/C30H23FN2O5S/c1-37-26-15-19(7-13-25(26)38-18-20-6-8-21-4-2-3-5-22(21)14-20)16-27-29(35)33(30(36)39-27)17-28(34)32-24-11-9-23(31)10-12-24/h2-16H,17-18H2,1H3,(H,32,34)/b27-16-. The molecule has 9 heteroatoms. The Morgan fingerprint density at radius 3 is 2.49 bits per heavy atom. The van der Waals surface area contributed by atoms with Crippen molar-refractivity contribution in [3.63, 3.8) is 0 Å². The van der Waals surface area contributed by atoms with Crippen molar-refractivity contribution in [1.29, 1.82) is 0 Å². The van der Waals surface area contributed by atoms with Gasteiger partial charge in [-0.05, 0) is 82.2 Å². The SMILES string of the molecule is COc1cc(/C=C2\SC(=O)N(CC(=O)Nc3ccc(F)cc3)C2=O)ccc1OCc1ccc2ccccc2c1. The number of fused-ring (bicyclic) bond motifs is 1. The lowest BCUT2D eigenvalue weighted by atomic mass is 10.1. The predicted octanol–water partition coefficient (Wildman–Crippen LogP) is 6.24. The van der Waals surface area contributed by atoms with Crippen LogP contribution in [0.15, 0.2) is 89.8 Å². The van der Waals surface area contributed by atoms with Gasteiger partial charge >= 0.3 is 0 Å². The quantitative estimate of drug-likeness (QED) is 0.265. The van der Waals surface area contributed by atoms with Crippen LogP contribution in [0.2, 0.25) is 0 Å². The molecule has 5 rings (SSSR count). The first-order chi connectivity index (χ1) is 18.9. The summed E-state index contributed by atoms with van der Waals surface area (Å²) in [4.78, 5) is 38.7. The molecule has 0 spiro atoms. The number of halogens is 1. The molecule has 0 atom stereocenters. The molecule has 3 amide bonds. The number of hydrogen-bond acceptors (Lipinski definition) is 6. The zero-order chi connectivity index (χ0) is 27.4. The van der Waals surface area contributed by atoms with Crippen LogP contribution in [0.5, 0.6) is 11.5 Å². The number of nitrogens with one attached hydrogen (secondary N) is 1. The number of carbonyl (C=O) groups excluding carboxylic acids is 3. The van der Waals surface area contributed by atoms with E-state index in [1.165, 1.54) is 31.4 Å². The highest BCUT2D eigenvalue weighted by Crippen LogP contribution is 2.35. The first-order valence-electron chi connectivity index (χ1n) is 12.0. The Morgan fingerprint density at radius 2 is 1.72 bits per heavy atom. The second-order valence-corrected chi connectivity index (χ2v) is 9.70. The summed E-state index contributed by atoms with van der Waals surface area (Å²) in [5.74, 6) is -0.573. The highest BCUT2D eigenvalue weighted by molar-refractivity contribution is 8.18. The predicted molar refractivity (Wildman–Crippen MR) is 149 cm³/mol. The van der Waals surface area contributed by atoms with Gasteiger partial charge in [0.1, 0.15) is 19.0 Å². The van der Waals surface area contributed by atoms with E-state index in [1.54, 1.807) is 24.3 Å². The van der Waals surface area contributed by atoms with Crippen molar-refractivity contribution in [3.05, 3.63) is 107 Å². The molecule has 1 fully saturated rings. The van der Waals surface area contributed by atoms with Crippen molar-refractivity contribution >= 4 is 51.4 Å². The summed E-state index contributed by atoms with van der Waals surface area (Å²) >= 11 is 0.750. The lowest BCUT2D eigenvalue weighted by Gasteiger charge is -2.13. The summed E-state index contributed by atoms with van der Waals surface area (Å²) in [6.45, 7) is -0.107. The molecule has 1 heterocycles. The molecule has 196 valence electrons. The van der Waals surface area contributed by atoms with E-state index in [0.717, 1.165) is 33.0 Å². The highest BCUT2D eigenvalue weighted by Gasteiger charge is 2.36. The van der Waals surface area contributed by atoms with Crippen LogP contribution in [-0.2, 0) is 16.2 Å². The summed E-state index contributed by atoms with van der Waals surface area (Å²) in [7, 11) is 1.52. The first kappa shape index (κ1) is 26.0. The maximum Gasteiger partial charge on any atom is 0.294 e. The van der Waals surface area contributed by atoms with Crippen molar-refractivity contribution in [2.45, 2.75) is 6.61 Å². The lowest BCUT2D eigenvalue weighted by Crippen LogP contribution is -2.36. The van der Waals surface area contributed by atoms with E-state index < -0.39 is 29.4 Å². The third-order valence-corrected chi connectivity index (χ3v) is 6.90. The molecular formula is C30H23FN2O5S. The Bertz CT molecular complexity index is 1600. The van der Waals surface area contributed by atoms with Gasteiger partial charge in [0.25, 0.3) is 11.1 Å². The topological polar surface area (TPSA) is 84.9 Å². The van der Waals surface area contributed by atoms with Crippen LogP contribution in [0.4, 0.5) is 14.9 Å². The summed E-state index contributed by atoms with van der Waals surface area (Å²) in [6, 6.07) is 24.6. The van der Waals surface area contributed by atoms with Crippen molar-refractivity contribution < 1.29 is 28.2 Å². The lowest BCUT2D eigenvalue weighted by molar-refractivity contribution is -0.127. The number of imide groups is 1. The second-order valence-electron chi connectivity index (χ2n) is 8.70. The molecular weight excluding hydrogens is 519 g/mol. The molecule has 7 nitrogen and oxygen atoms in total. The van der Waals surface area contributed by atoms with Gasteiger partial charge in [0, 0.05) is 5.69 Å². The van der Waals surface area contributed by atoms with Crippen LogP contribution >= 0.6 is 11.8 Å². The van der Waals surface area contributed by atoms with Gasteiger partial charge in [-0.1, -0.05) is 42.5 Å². The third-order valence-electron chi connectivity index (χ3n) is 6.00. The largest absolute Gasteiger partial charge is 0.493 e. The Kier molecular flexibility index (Phi) is 7.60. The fourth-order valence-electron chi connectivity index (χ4n) is 4.05. The third kappa shape index (κ3) is 6.10. The van der Waals surface area contributed by atoms with Gasteiger partial charge in [0.05, 0.1) is 12.0 Å². The van der Waals surface area contributed by atoms with Crippen LogP contribution < -0.4 is 14.8 Å². The second kappa shape index (κ2) is 11.4. The molecule has 1 N–H and O–H groups in total. The molecule has 4 aromatic carbocycles. The van der Waals surface area contributed by atoms with E-state index in [0.29, 0.717) is 29.4 Å². The van der Waals surface area contributed by atoms with Crippen molar-refractivity contribution in [3.8, 4) is 11.5 Å². The van der Waals surface area contributed by atoms with Gasteiger partial charge in [0.15, 0.2) is 11.5 Å². The number of benzene rings is 4. The normalized spacial score (nSPS) is 14.2. The Balaban J connectivity index is 1.24. The zero-order valence-corrected chi connectivity index (χ0v) is 21.7. The molecule has 0 aliphatic carbocycles. The van der Waals surface area contributed by atoms with E-state index in [4.69, 9.17) is 9.47 Å². The van der Waals surface area contributed by atoms with Crippen LogP contribution in [0, 0.1) is 5.82 Å². The fourth-order valence-corrected chi connectivity index (χ4v) is 4.89. The van der Waals surface area contributed by atoms with E-state index in [2.05, 4.69) is 17.4 Å². The Labute approximate surface area is 228 Å². The van der Waals surface area contributed by atoms with E-state index in [1.807, 2.05) is 30.3 Å². The number of ether oxygens (including phenoxy) is 2. The maximum atomic E-state index is 13.1. The average Bonchev–Trinajstić information content (AvgIpc) is 3.20. The van der Waals surface area contributed by atoms with Crippen molar-refractivity contribution in [1.82, 2.24) is 4.90 Å². The van der Waals surface area contributed by atoms with Gasteiger partial charge in [-0.25, -0.2) is 4.39 Å². The molecule has 0 saturated carbocycles. The molecule has 4 aromatic rings. The van der Waals surface area contributed by atoms with Crippen molar-refractivity contribution in [2.75, 3.05) is 19.0 Å². The number of nitrogens with zero attached hydrogens (tertiary/aromatic N) is 1. The van der Waals surface area contributed by atoms with Crippen molar-refractivity contribution in [2.24, 2.45) is 0 Å². The zero-order valence-electron chi connectivity index (χ0n) is 20.8. The summed E-state index contributed by atoms with van der Waals surface area (Å²) in [5, 5.41) is 4.27. The minimum atomic E-state index is -0.574. The molecule has 39 heavy (non-hydrogen) atoms. The van der Waals surface area contributed by atoms with Crippen LogP contribution in [0.25, 0.3) is 16.8 Å². The van der Waals surface area contributed by atoms with E-state index >= 15 is 0 Å². The van der Waals surface area contributed by atoms with Gasteiger partial charge in [-0.2, -0.15) is 0 Å². The van der Waals surface area contributed by atoms with Crippen LogP contribution in [0.1, 0.15) is 11.1 Å². The van der Waals surface area contributed by atoms with Crippen LogP contribution in [0.3, 0.4) is 0 Å². The maximum absolute atomic E-state index is 13.1. The molecule has 0 unspecified atom stereocenters. The van der Waals surface area contributed by atoms with E-state index in [9.17, 15) is 18.8 Å². The number of rotatable bonds is 8. The number of carbonyl (C=O) groups is 3. The Morgan fingerprint density at radius 1 is 0.949 bits per heavy atom. The number of amides is 3. The molecule has 1 aliphatic heterocycles. The monoisotopic (exact) mass is 542 g/mol.